The van der Waals surface area contributed by atoms with E-state index in [9.17, 15) is 9.59 Å². The fourth-order valence-corrected chi connectivity index (χ4v) is 2.55. The Balaban J connectivity index is 1.77. The van der Waals surface area contributed by atoms with Crippen LogP contribution < -0.4 is 4.90 Å². The van der Waals surface area contributed by atoms with Crippen molar-refractivity contribution in [2.75, 3.05) is 31.2 Å². The molecule has 2 saturated heterocycles. The van der Waals surface area contributed by atoms with Gasteiger partial charge in [0.2, 0.25) is 0 Å². The van der Waals surface area contributed by atoms with Crippen LogP contribution in [-0.2, 0) is 23.8 Å². The highest BCUT2D eigenvalue weighted by Gasteiger charge is 2.38. The molecule has 0 unspecified atom stereocenters. The van der Waals surface area contributed by atoms with Crippen LogP contribution in [0.5, 0.6) is 0 Å². The van der Waals surface area contributed by atoms with Crippen molar-refractivity contribution in [3.63, 3.8) is 0 Å². The highest BCUT2D eigenvalue weighted by atomic mass is 16.7. The lowest BCUT2D eigenvalue weighted by molar-refractivity contribution is -0.222. The second-order valence-corrected chi connectivity index (χ2v) is 5.93. The van der Waals surface area contributed by atoms with E-state index in [0.29, 0.717) is 0 Å². The molecule has 0 aromatic heterocycles. The second kappa shape index (κ2) is 6.04. The quantitative estimate of drug-likeness (QED) is 0.470. The Labute approximate surface area is 134 Å². The summed E-state index contributed by atoms with van der Waals surface area (Å²) < 4.78 is 15.5. The molecule has 122 valence electrons. The number of hydrogen-bond donors (Lipinski definition) is 0. The summed E-state index contributed by atoms with van der Waals surface area (Å²) in [4.78, 5) is 26.1. The lowest BCUT2D eigenvalue weighted by Crippen LogP contribution is -2.41. The summed E-state index contributed by atoms with van der Waals surface area (Å²) >= 11 is 0. The molecule has 2 fully saturated rings. The highest BCUT2D eigenvalue weighted by molar-refractivity contribution is 6.18. The minimum Gasteiger partial charge on any atom is -0.419 e. The van der Waals surface area contributed by atoms with Gasteiger partial charge in [0.25, 0.3) is 5.79 Å². The number of carbonyl (C=O) groups is 2. The molecule has 3 rings (SSSR count). The Morgan fingerprint density at radius 3 is 2.13 bits per heavy atom. The van der Waals surface area contributed by atoms with Crippen LogP contribution in [0.1, 0.15) is 19.4 Å². The number of esters is 2. The molecule has 2 aliphatic rings. The van der Waals surface area contributed by atoms with Gasteiger partial charge in [-0.15, -0.1) is 0 Å². The van der Waals surface area contributed by atoms with Gasteiger partial charge in [-0.2, -0.15) is 0 Å². The van der Waals surface area contributed by atoms with Gasteiger partial charge in [0.15, 0.2) is 0 Å². The molecule has 0 aliphatic carbocycles. The van der Waals surface area contributed by atoms with Crippen LogP contribution in [-0.4, -0.2) is 44.0 Å². The molecular weight excluding hydrogens is 298 g/mol. The summed E-state index contributed by atoms with van der Waals surface area (Å²) in [7, 11) is 0. The fourth-order valence-electron chi connectivity index (χ4n) is 2.55. The summed E-state index contributed by atoms with van der Waals surface area (Å²) in [5.41, 5.74) is 1.74. The Hall–Kier alpha value is -2.34. The van der Waals surface area contributed by atoms with E-state index in [0.717, 1.165) is 37.6 Å². The minimum absolute atomic E-state index is 0.0940. The van der Waals surface area contributed by atoms with Gasteiger partial charge in [-0.05, 0) is 23.8 Å². The third kappa shape index (κ3) is 3.53. The maximum atomic E-state index is 11.9. The summed E-state index contributed by atoms with van der Waals surface area (Å²) in [6.07, 6.45) is 1.49. The molecule has 23 heavy (non-hydrogen) atoms. The molecule has 0 amide bonds. The number of rotatable bonds is 2. The maximum Gasteiger partial charge on any atom is 0.348 e. The molecular formula is C17H19NO5. The Bertz CT molecular complexity index is 619. The van der Waals surface area contributed by atoms with Crippen molar-refractivity contribution in [1.82, 2.24) is 0 Å². The Morgan fingerprint density at radius 1 is 1.00 bits per heavy atom. The average Bonchev–Trinajstić information content (AvgIpc) is 2.51. The molecule has 0 spiro atoms. The predicted molar refractivity (Wildman–Crippen MR) is 83.7 cm³/mol. The minimum atomic E-state index is -1.22. The average molecular weight is 317 g/mol. The van der Waals surface area contributed by atoms with Crippen molar-refractivity contribution in [3.05, 3.63) is 35.4 Å². The second-order valence-electron chi connectivity index (χ2n) is 5.93. The molecule has 1 aromatic rings. The number of morpholine rings is 1. The first-order chi connectivity index (χ1) is 10.9. The van der Waals surface area contributed by atoms with Gasteiger partial charge in [-0.3, -0.25) is 0 Å². The van der Waals surface area contributed by atoms with Gasteiger partial charge in [-0.1, -0.05) is 12.1 Å². The zero-order valence-electron chi connectivity index (χ0n) is 13.2. The third-order valence-electron chi connectivity index (χ3n) is 3.70. The lowest BCUT2D eigenvalue weighted by atomic mass is 10.1. The molecule has 6 nitrogen and oxygen atoms in total. The zero-order valence-corrected chi connectivity index (χ0v) is 13.2. The fraction of sp³-hybridized carbons (Fsp3) is 0.412. The predicted octanol–water partition coefficient (Wildman–Crippen LogP) is 1.74. The molecule has 0 atom stereocenters. The zero-order chi connectivity index (χ0) is 16.4. The van der Waals surface area contributed by atoms with Crippen LogP contribution in [0.25, 0.3) is 6.08 Å². The van der Waals surface area contributed by atoms with Gasteiger partial charge < -0.3 is 19.1 Å². The largest absolute Gasteiger partial charge is 0.419 e. The van der Waals surface area contributed by atoms with Crippen molar-refractivity contribution in [3.8, 4) is 0 Å². The number of carbonyl (C=O) groups excluding carboxylic acids is 2. The van der Waals surface area contributed by atoms with Gasteiger partial charge in [-0.25, -0.2) is 9.59 Å². The van der Waals surface area contributed by atoms with Gasteiger partial charge in [0, 0.05) is 32.6 Å². The number of cyclic esters (lactones) is 2. The van der Waals surface area contributed by atoms with Crippen molar-refractivity contribution in [1.29, 1.82) is 0 Å². The first-order valence-corrected chi connectivity index (χ1v) is 7.56. The van der Waals surface area contributed by atoms with E-state index in [2.05, 4.69) is 4.90 Å². The van der Waals surface area contributed by atoms with Crippen molar-refractivity contribution < 1.29 is 23.8 Å². The van der Waals surface area contributed by atoms with Crippen LogP contribution in [0, 0.1) is 0 Å². The molecule has 0 saturated carbocycles. The van der Waals surface area contributed by atoms with Crippen LogP contribution in [0.3, 0.4) is 0 Å². The van der Waals surface area contributed by atoms with E-state index in [4.69, 9.17) is 14.2 Å². The first kappa shape index (κ1) is 15.6. The molecule has 0 radical (unpaired) electrons. The summed E-state index contributed by atoms with van der Waals surface area (Å²) in [5.74, 6) is -2.54. The summed E-state index contributed by atoms with van der Waals surface area (Å²) in [6, 6.07) is 7.64. The Morgan fingerprint density at radius 2 is 1.57 bits per heavy atom. The summed E-state index contributed by atoms with van der Waals surface area (Å²) in [5, 5.41) is 0. The van der Waals surface area contributed by atoms with Crippen LogP contribution in [0.4, 0.5) is 5.69 Å². The van der Waals surface area contributed by atoms with Crippen molar-refractivity contribution in [2.45, 2.75) is 19.6 Å². The smallest absolute Gasteiger partial charge is 0.348 e. The standard InChI is InChI=1S/C17H19NO5/c1-17(2)22-15(19)14(16(20)23-17)11-12-3-5-13(6-4-12)18-7-9-21-10-8-18/h3-6,11H,7-10H2,1-2H3. The summed E-state index contributed by atoms with van der Waals surface area (Å²) in [6.45, 7) is 6.20. The van der Waals surface area contributed by atoms with Crippen LogP contribution in [0.2, 0.25) is 0 Å². The van der Waals surface area contributed by atoms with Crippen molar-refractivity contribution in [2.24, 2.45) is 0 Å². The van der Waals surface area contributed by atoms with Gasteiger partial charge >= 0.3 is 11.9 Å². The lowest BCUT2D eigenvalue weighted by Gasteiger charge is -2.30. The van der Waals surface area contributed by atoms with E-state index >= 15 is 0 Å². The van der Waals surface area contributed by atoms with E-state index in [-0.39, 0.29) is 5.57 Å². The Kier molecular flexibility index (Phi) is 4.09. The topological polar surface area (TPSA) is 65.1 Å². The van der Waals surface area contributed by atoms with Gasteiger partial charge in [0.05, 0.1) is 13.2 Å². The van der Waals surface area contributed by atoms with E-state index in [1.165, 1.54) is 19.9 Å². The van der Waals surface area contributed by atoms with Crippen LogP contribution >= 0.6 is 0 Å². The molecule has 0 bridgehead atoms. The van der Waals surface area contributed by atoms with E-state index < -0.39 is 17.7 Å². The number of hydrogen-bond acceptors (Lipinski definition) is 6. The maximum absolute atomic E-state index is 11.9. The van der Waals surface area contributed by atoms with Crippen molar-refractivity contribution >= 4 is 23.7 Å². The SMILES string of the molecule is CC1(C)OC(=O)C(=Cc2ccc(N3CCOCC3)cc2)C(=O)O1. The van der Waals surface area contributed by atoms with E-state index in [1.807, 2.05) is 24.3 Å². The number of anilines is 1. The van der Waals surface area contributed by atoms with Crippen LogP contribution in [0.15, 0.2) is 29.8 Å². The molecule has 6 heteroatoms. The number of benzene rings is 1. The van der Waals surface area contributed by atoms with E-state index in [1.54, 1.807) is 0 Å². The van der Waals surface area contributed by atoms with Gasteiger partial charge in [0.1, 0.15) is 5.57 Å². The highest BCUT2D eigenvalue weighted by Crippen LogP contribution is 2.25. The molecule has 1 aromatic carbocycles. The number of ether oxygens (including phenoxy) is 3. The number of nitrogens with zero attached hydrogens (tertiary/aromatic N) is 1. The normalized spacial score (nSPS) is 20.8. The third-order valence-corrected chi connectivity index (χ3v) is 3.70. The molecule has 0 N–H and O–H groups in total. The molecule has 2 aliphatic heterocycles. The monoisotopic (exact) mass is 317 g/mol. The first-order valence-electron chi connectivity index (χ1n) is 7.56. The molecule has 2 heterocycles.